The van der Waals surface area contributed by atoms with Crippen LogP contribution in [0.5, 0.6) is 11.5 Å². The van der Waals surface area contributed by atoms with Gasteiger partial charge in [-0.3, -0.25) is 43.8 Å². The molecule has 3 aliphatic heterocycles. The summed E-state index contributed by atoms with van der Waals surface area (Å²) in [6.07, 6.45) is 2.73. The predicted molar refractivity (Wildman–Crippen MR) is 252 cm³/mol. The minimum atomic E-state index is -1.13. The second-order valence-corrected chi connectivity index (χ2v) is 18.5. The lowest BCUT2D eigenvalue weighted by Gasteiger charge is -2.42. The van der Waals surface area contributed by atoms with Gasteiger partial charge in [0.2, 0.25) is 11.8 Å². The number of nitrogens with one attached hydrogen (secondary N) is 1. The van der Waals surface area contributed by atoms with Crippen LogP contribution in [-0.4, -0.2) is 121 Å². The van der Waals surface area contributed by atoms with Crippen molar-refractivity contribution in [3.63, 3.8) is 0 Å². The Balaban J connectivity index is 0.871. The number of hydrogen-bond donors (Lipinski definition) is 2. The molecule has 16 nitrogen and oxygen atoms in total. The maximum atomic E-state index is 13.8. The first-order valence-corrected chi connectivity index (χ1v) is 23.3. The van der Waals surface area contributed by atoms with Crippen molar-refractivity contribution in [1.29, 1.82) is 0 Å². The van der Waals surface area contributed by atoms with E-state index in [9.17, 15) is 33.9 Å². The van der Waals surface area contributed by atoms with E-state index in [0.29, 0.717) is 62.8 Å². The minimum absolute atomic E-state index is 0.00419. The predicted octanol–water partition coefficient (Wildman–Crippen LogP) is 6.33. The van der Waals surface area contributed by atoms with Crippen molar-refractivity contribution < 1.29 is 43.3 Å². The summed E-state index contributed by atoms with van der Waals surface area (Å²) in [4.78, 5) is 83.7. The number of rotatable bonds is 14. The molecule has 1 spiro atoms. The van der Waals surface area contributed by atoms with Gasteiger partial charge in [0.1, 0.15) is 23.2 Å². The molecule has 1 atom stereocenters. The third-order valence-electron chi connectivity index (χ3n) is 14.2. The van der Waals surface area contributed by atoms with Gasteiger partial charge in [-0.15, -0.1) is 0 Å². The molecule has 68 heavy (non-hydrogen) atoms. The Hall–Kier alpha value is -7.04. The number of hydrogen-bond acceptors (Lipinski definition) is 10. The number of piperidine rings is 1. The first kappa shape index (κ1) is 44.8. The number of carbonyl (C=O) groups is 6. The van der Waals surface area contributed by atoms with Crippen LogP contribution in [0.3, 0.4) is 0 Å². The molecule has 5 heterocycles. The van der Waals surface area contributed by atoms with E-state index in [2.05, 4.69) is 10.2 Å². The Morgan fingerprint density at radius 2 is 1.63 bits per heavy atom. The number of aromatic carboxylic acids is 1. The summed E-state index contributed by atoms with van der Waals surface area (Å²) in [6, 6.07) is 21.2. The lowest BCUT2D eigenvalue weighted by Crippen LogP contribution is -2.57. The molecule has 4 aromatic carbocycles. The quantitative estimate of drug-likeness (QED) is 0.0919. The summed E-state index contributed by atoms with van der Waals surface area (Å²) >= 11 is 7.12. The van der Waals surface area contributed by atoms with Gasteiger partial charge in [-0.2, -0.15) is 5.10 Å². The van der Waals surface area contributed by atoms with Crippen LogP contribution in [0.1, 0.15) is 80.3 Å². The van der Waals surface area contributed by atoms with Crippen LogP contribution in [0.4, 0.5) is 0 Å². The van der Waals surface area contributed by atoms with Gasteiger partial charge in [-0.1, -0.05) is 60.1 Å². The molecule has 4 aliphatic rings. The van der Waals surface area contributed by atoms with Crippen molar-refractivity contribution in [1.82, 2.24) is 34.4 Å². The normalized spacial score (nSPS) is 17.9. The molecule has 10 rings (SSSR count). The van der Waals surface area contributed by atoms with Gasteiger partial charge in [-0.25, -0.2) is 4.79 Å². The summed E-state index contributed by atoms with van der Waals surface area (Å²) < 4.78 is 16.0. The highest BCUT2D eigenvalue weighted by Crippen LogP contribution is 2.46. The van der Waals surface area contributed by atoms with E-state index < -0.39 is 35.6 Å². The first-order chi connectivity index (χ1) is 32.8. The van der Waals surface area contributed by atoms with Crippen molar-refractivity contribution in [2.24, 2.45) is 7.05 Å². The van der Waals surface area contributed by atoms with Gasteiger partial charge in [0, 0.05) is 79.3 Å². The number of carboxylic acids is 1. The number of amides is 5. The number of aromatic nitrogens is 3. The molecule has 2 aromatic heterocycles. The number of imide groups is 2. The molecule has 1 aliphatic carbocycles. The molecule has 3 fully saturated rings. The Morgan fingerprint density at radius 1 is 0.868 bits per heavy atom. The minimum Gasteiger partial charge on any atom is -0.493 e. The summed E-state index contributed by atoms with van der Waals surface area (Å²) in [7, 11) is 1.88. The largest absolute Gasteiger partial charge is 0.493 e. The van der Waals surface area contributed by atoms with Gasteiger partial charge < -0.3 is 24.0 Å². The molecule has 350 valence electrons. The second kappa shape index (κ2) is 17.6. The number of carboxylic acid groups (broad SMARTS) is 1. The Labute approximate surface area is 396 Å². The fourth-order valence-corrected chi connectivity index (χ4v) is 10.8. The Kier molecular flexibility index (Phi) is 11.6. The van der Waals surface area contributed by atoms with Crippen molar-refractivity contribution in [2.45, 2.75) is 70.5 Å². The number of fused-ring (bicyclic) bond motifs is 3. The fourth-order valence-electron chi connectivity index (χ4n) is 10.6. The number of aryl methyl sites for hydroxylation is 3. The number of carbonyl (C=O) groups excluding carboxylic acids is 5. The number of halogens is 1. The molecular formula is C51H50ClN7O9. The van der Waals surface area contributed by atoms with Gasteiger partial charge in [0.05, 0.1) is 34.0 Å². The maximum absolute atomic E-state index is 13.8. The average molecular weight is 940 g/mol. The highest BCUT2D eigenvalue weighted by atomic mass is 35.5. The summed E-state index contributed by atoms with van der Waals surface area (Å²) in [5, 5.41) is 21.4. The molecule has 0 radical (unpaired) electrons. The van der Waals surface area contributed by atoms with E-state index in [0.717, 1.165) is 67.7 Å². The maximum Gasteiger partial charge on any atom is 0.352 e. The smallest absolute Gasteiger partial charge is 0.352 e. The highest BCUT2D eigenvalue weighted by molar-refractivity contribution is 6.35. The molecule has 2 saturated heterocycles. The van der Waals surface area contributed by atoms with Crippen LogP contribution in [-0.2, 0) is 34.4 Å². The van der Waals surface area contributed by atoms with Crippen LogP contribution >= 0.6 is 11.6 Å². The Morgan fingerprint density at radius 3 is 2.38 bits per heavy atom. The van der Waals surface area contributed by atoms with Crippen LogP contribution in [0.25, 0.3) is 32.8 Å². The Bertz CT molecular complexity index is 3110. The van der Waals surface area contributed by atoms with Crippen molar-refractivity contribution in [3.05, 3.63) is 112 Å². The van der Waals surface area contributed by atoms with E-state index in [4.69, 9.17) is 26.2 Å². The van der Waals surface area contributed by atoms with Crippen LogP contribution in [0.15, 0.2) is 72.8 Å². The van der Waals surface area contributed by atoms with E-state index in [-0.39, 0.29) is 53.5 Å². The van der Waals surface area contributed by atoms with Crippen LogP contribution < -0.4 is 14.8 Å². The van der Waals surface area contributed by atoms with Gasteiger partial charge in [0.15, 0.2) is 6.61 Å². The lowest BCUT2D eigenvalue weighted by atomic mass is 9.98. The van der Waals surface area contributed by atoms with Crippen molar-refractivity contribution in [2.75, 3.05) is 39.4 Å². The van der Waals surface area contributed by atoms with E-state index in [1.54, 1.807) is 11.0 Å². The monoisotopic (exact) mass is 939 g/mol. The molecule has 1 unspecified atom stereocenters. The zero-order valence-corrected chi connectivity index (χ0v) is 38.7. The molecular weight excluding hydrogens is 890 g/mol. The topological polar surface area (TPSA) is 186 Å². The summed E-state index contributed by atoms with van der Waals surface area (Å²) in [6.45, 7) is 6.14. The fraction of sp³-hybridized carbons (Fsp3) is 0.353. The van der Waals surface area contributed by atoms with E-state index in [1.165, 1.54) is 12.1 Å². The molecule has 1 saturated carbocycles. The third-order valence-corrected chi connectivity index (χ3v) is 14.5. The highest BCUT2D eigenvalue weighted by Gasteiger charge is 2.52. The summed E-state index contributed by atoms with van der Waals surface area (Å²) in [5.41, 5.74) is 4.67. The lowest BCUT2D eigenvalue weighted by molar-refractivity contribution is -0.137. The zero-order chi connectivity index (χ0) is 47.6. The van der Waals surface area contributed by atoms with Crippen molar-refractivity contribution in [3.8, 4) is 22.6 Å². The SMILES string of the molecule is Cc1nn(C)c(C)c1-c1c(Cl)ccc2c(CCCOc3cccc4ccccc34)c(C(=O)O)n(CCN3CCN(C(=O)COc4cccc5c4C(=O)N(C4CCC(=O)NC4=O)C5=O)CC34CC4)c12. The third kappa shape index (κ3) is 7.74. The van der Waals surface area contributed by atoms with Gasteiger partial charge >= 0.3 is 5.97 Å². The molecule has 5 amide bonds. The van der Waals surface area contributed by atoms with Gasteiger partial charge in [0.25, 0.3) is 17.7 Å². The second-order valence-electron chi connectivity index (χ2n) is 18.1. The van der Waals surface area contributed by atoms with Crippen LogP contribution in [0.2, 0.25) is 5.02 Å². The first-order valence-electron chi connectivity index (χ1n) is 22.9. The molecule has 17 heteroatoms. The standard InChI is InChI=1S/C51H50ClN7O9/c1-29-42(30(2)55(3)54-29)44-36(52)17-16-34-33(13-8-26-67-38-14-6-10-31-9-4-5-11-32(31)38)46(50(65)66)58(45(34)44)25-24-57-23-22-56(28-51(57)20-21-51)41(61)27-68-39-15-7-12-35-43(39)49(64)59(48(35)63)37-18-19-40(60)53-47(37)62/h4-7,9-12,14-17,37H,8,13,18-28H2,1-3H3,(H,65,66)(H,53,60,62). The average Bonchev–Trinajstić information content (AvgIpc) is 3.86. The van der Waals surface area contributed by atoms with Gasteiger partial charge in [-0.05, 0) is 81.2 Å². The molecule has 6 aromatic rings. The zero-order valence-electron chi connectivity index (χ0n) is 38.0. The van der Waals surface area contributed by atoms with E-state index >= 15 is 0 Å². The molecule has 2 N–H and O–H groups in total. The number of piperazine rings is 1. The number of benzene rings is 4. The number of ether oxygens (including phenoxy) is 2. The van der Waals surface area contributed by atoms with Crippen molar-refractivity contribution >= 4 is 68.8 Å². The number of nitrogens with zero attached hydrogens (tertiary/aromatic N) is 6. The van der Waals surface area contributed by atoms with Crippen LogP contribution in [0, 0.1) is 13.8 Å². The van der Waals surface area contributed by atoms with E-state index in [1.807, 2.05) is 84.7 Å². The summed E-state index contributed by atoms with van der Waals surface area (Å²) in [5.74, 6) is -3.04. The molecule has 0 bridgehead atoms.